The molecule has 1 saturated heterocycles. The smallest absolute Gasteiger partial charge is 0.414 e. The summed E-state index contributed by atoms with van der Waals surface area (Å²) in [7, 11) is -3.27. The van der Waals surface area contributed by atoms with Gasteiger partial charge in [0.05, 0.1) is 5.75 Å². The molecule has 0 radical (unpaired) electrons. The Bertz CT molecular complexity index is 837. The highest BCUT2D eigenvalue weighted by molar-refractivity contribution is 7.89. The summed E-state index contributed by atoms with van der Waals surface area (Å²) in [4.78, 5) is 30.1. The van der Waals surface area contributed by atoms with Crippen LogP contribution in [0, 0.1) is 5.92 Å². The Morgan fingerprint density at radius 2 is 1.81 bits per heavy atom. The van der Waals surface area contributed by atoms with Crippen LogP contribution in [0.5, 0.6) is 0 Å². The molecule has 1 aromatic heterocycles. The zero-order valence-corrected chi connectivity index (χ0v) is 14.8. The summed E-state index contributed by atoms with van der Waals surface area (Å²) in [6, 6.07) is 5.25. The number of hydrogen-bond donors (Lipinski definition) is 3. The maximum absolute atomic E-state index is 12.2. The van der Waals surface area contributed by atoms with Crippen molar-refractivity contribution < 1.29 is 28.2 Å². The number of carboxylic acid groups (broad SMARTS) is 2. The van der Waals surface area contributed by atoms with Crippen LogP contribution >= 0.6 is 0 Å². The number of carbonyl (C=O) groups is 2. The fraction of sp³-hybridized carbons (Fsp3) is 0.533. The van der Waals surface area contributed by atoms with Crippen LogP contribution in [0.15, 0.2) is 23.0 Å². The van der Waals surface area contributed by atoms with E-state index in [1.165, 1.54) is 0 Å². The molecule has 2 aliphatic rings. The molecule has 144 valence electrons. The van der Waals surface area contributed by atoms with Crippen molar-refractivity contribution in [1.29, 1.82) is 0 Å². The third kappa shape index (κ3) is 4.48. The van der Waals surface area contributed by atoms with Crippen LogP contribution in [0.25, 0.3) is 0 Å². The van der Waals surface area contributed by atoms with Crippen molar-refractivity contribution >= 4 is 22.0 Å². The van der Waals surface area contributed by atoms with Gasteiger partial charge in [-0.3, -0.25) is 4.79 Å². The Balaban J connectivity index is 0.000000352. The quantitative estimate of drug-likeness (QED) is 0.540. The largest absolute Gasteiger partial charge is 0.473 e. The Morgan fingerprint density at radius 3 is 2.38 bits per heavy atom. The van der Waals surface area contributed by atoms with Gasteiger partial charge in [0.2, 0.25) is 10.0 Å². The molecular weight excluding hydrogens is 366 g/mol. The molecule has 3 heterocycles. The SMILES string of the molecule is NCCS(=O)(=O)N1C[C@H]2C[C@@H](C1)c1cccc(=O)n1C2.O=C(O)C(=O)O. The maximum Gasteiger partial charge on any atom is 0.414 e. The number of sulfonamides is 1. The minimum Gasteiger partial charge on any atom is -0.473 e. The van der Waals surface area contributed by atoms with E-state index < -0.39 is 22.0 Å². The Labute approximate surface area is 149 Å². The second kappa shape index (κ2) is 7.98. The molecular formula is C15H21N3O7S. The van der Waals surface area contributed by atoms with Crippen molar-refractivity contribution in [2.24, 2.45) is 11.7 Å². The van der Waals surface area contributed by atoms with Crippen molar-refractivity contribution in [2.45, 2.75) is 18.9 Å². The van der Waals surface area contributed by atoms with Gasteiger partial charge in [-0.25, -0.2) is 22.3 Å². The first-order valence-electron chi connectivity index (χ1n) is 7.99. The molecule has 2 bridgehead atoms. The fourth-order valence-electron chi connectivity index (χ4n) is 3.36. The summed E-state index contributed by atoms with van der Waals surface area (Å²) in [5, 5.41) is 14.8. The number of carboxylic acids is 2. The second-order valence-corrected chi connectivity index (χ2v) is 8.32. The standard InChI is InChI=1S/C13H19N3O3S.C2H2O4/c14-4-5-20(18,19)15-7-10-6-11(9-15)12-2-1-3-13(17)16(12)8-10;3-1(4)2(5)6/h1-3,10-11H,4-9,14H2;(H,3,4)(H,5,6)/t10-,11+;/m1./s1. The Hall–Kier alpha value is -2.24. The summed E-state index contributed by atoms with van der Waals surface area (Å²) in [5.74, 6) is -3.32. The monoisotopic (exact) mass is 387 g/mol. The van der Waals surface area contributed by atoms with E-state index in [-0.39, 0.29) is 29.7 Å². The second-order valence-electron chi connectivity index (χ2n) is 6.23. The summed E-state index contributed by atoms with van der Waals surface area (Å²) < 4.78 is 27.7. The van der Waals surface area contributed by atoms with Crippen LogP contribution in [0.3, 0.4) is 0 Å². The molecule has 0 unspecified atom stereocenters. The molecule has 2 atom stereocenters. The number of pyridine rings is 1. The van der Waals surface area contributed by atoms with Gasteiger partial charge in [0.1, 0.15) is 0 Å². The first-order chi connectivity index (χ1) is 12.2. The number of hydrogen-bond acceptors (Lipinski definition) is 6. The summed E-state index contributed by atoms with van der Waals surface area (Å²) in [6.45, 7) is 1.71. The van der Waals surface area contributed by atoms with Gasteiger partial charge in [-0.15, -0.1) is 0 Å². The van der Waals surface area contributed by atoms with E-state index in [1.54, 1.807) is 21.0 Å². The predicted octanol–water partition coefficient (Wildman–Crippen LogP) is -1.29. The van der Waals surface area contributed by atoms with Crippen molar-refractivity contribution in [3.8, 4) is 0 Å². The molecule has 4 N–H and O–H groups in total. The minimum absolute atomic E-state index is 0.00592. The molecule has 26 heavy (non-hydrogen) atoms. The maximum atomic E-state index is 12.2. The lowest BCUT2D eigenvalue weighted by Crippen LogP contribution is -2.50. The molecule has 1 fully saturated rings. The van der Waals surface area contributed by atoms with Gasteiger partial charge in [-0.1, -0.05) is 6.07 Å². The molecule has 11 heteroatoms. The normalized spacial score (nSPS) is 21.9. The average molecular weight is 387 g/mol. The average Bonchev–Trinajstić information content (AvgIpc) is 2.56. The summed E-state index contributed by atoms with van der Waals surface area (Å²) in [5.41, 5.74) is 6.35. The van der Waals surface area contributed by atoms with E-state index in [9.17, 15) is 13.2 Å². The highest BCUT2D eigenvalue weighted by atomic mass is 32.2. The first-order valence-corrected chi connectivity index (χ1v) is 9.60. The van der Waals surface area contributed by atoms with Gasteiger partial charge in [0.15, 0.2) is 0 Å². The Kier molecular flexibility index (Phi) is 6.16. The molecule has 0 aliphatic carbocycles. The van der Waals surface area contributed by atoms with Crippen LogP contribution in [0.2, 0.25) is 0 Å². The molecule has 0 saturated carbocycles. The number of aliphatic carboxylic acids is 2. The van der Waals surface area contributed by atoms with E-state index >= 15 is 0 Å². The molecule has 2 aliphatic heterocycles. The van der Waals surface area contributed by atoms with Gasteiger partial charge >= 0.3 is 11.9 Å². The van der Waals surface area contributed by atoms with E-state index in [4.69, 9.17) is 25.5 Å². The first kappa shape index (κ1) is 20.1. The van der Waals surface area contributed by atoms with Crippen LogP contribution in [-0.2, 0) is 26.2 Å². The highest BCUT2D eigenvalue weighted by Gasteiger charge is 2.38. The van der Waals surface area contributed by atoms with Gasteiger partial charge in [0, 0.05) is 43.9 Å². The molecule has 3 rings (SSSR count). The van der Waals surface area contributed by atoms with E-state index in [0.29, 0.717) is 19.6 Å². The van der Waals surface area contributed by atoms with E-state index in [2.05, 4.69) is 0 Å². The van der Waals surface area contributed by atoms with E-state index in [0.717, 1.165) is 12.1 Å². The van der Waals surface area contributed by atoms with Crippen LogP contribution in [0.1, 0.15) is 18.0 Å². The zero-order chi connectivity index (χ0) is 19.5. The van der Waals surface area contributed by atoms with Gasteiger partial charge < -0.3 is 20.5 Å². The van der Waals surface area contributed by atoms with Gasteiger partial charge in [-0.05, 0) is 18.4 Å². The number of piperidine rings is 1. The number of nitrogens with zero attached hydrogens (tertiary/aromatic N) is 2. The van der Waals surface area contributed by atoms with Crippen molar-refractivity contribution in [1.82, 2.24) is 8.87 Å². The molecule has 1 aromatic rings. The van der Waals surface area contributed by atoms with Gasteiger partial charge in [0.25, 0.3) is 5.56 Å². The Morgan fingerprint density at radius 1 is 1.15 bits per heavy atom. The summed E-state index contributed by atoms with van der Waals surface area (Å²) in [6.07, 6.45) is 0.956. The van der Waals surface area contributed by atoms with Crippen molar-refractivity contribution in [3.63, 3.8) is 0 Å². The lowest BCUT2D eigenvalue weighted by atomic mass is 9.84. The predicted molar refractivity (Wildman–Crippen MR) is 91.2 cm³/mol. The van der Waals surface area contributed by atoms with Gasteiger partial charge in [-0.2, -0.15) is 0 Å². The summed E-state index contributed by atoms with van der Waals surface area (Å²) >= 11 is 0. The number of aromatic nitrogens is 1. The lowest BCUT2D eigenvalue weighted by Gasteiger charge is -2.42. The molecule has 10 nitrogen and oxygen atoms in total. The van der Waals surface area contributed by atoms with Crippen LogP contribution in [-0.4, -0.2) is 64.8 Å². The van der Waals surface area contributed by atoms with Crippen LogP contribution in [0.4, 0.5) is 0 Å². The number of rotatable bonds is 3. The third-order valence-electron chi connectivity index (χ3n) is 4.40. The third-order valence-corrected chi connectivity index (χ3v) is 6.23. The highest BCUT2D eigenvalue weighted by Crippen LogP contribution is 2.35. The molecule has 0 aromatic carbocycles. The number of fused-ring (bicyclic) bond motifs is 4. The minimum atomic E-state index is -3.27. The zero-order valence-electron chi connectivity index (χ0n) is 13.9. The lowest BCUT2D eigenvalue weighted by molar-refractivity contribution is -0.159. The molecule has 0 spiro atoms. The van der Waals surface area contributed by atoms with E-state index in [1.807, 2.05) is 6.07 Å². The fourth-order valence-corrected chi connectivity index (χ4v) is 4.76. The van der Waals surface area contributed by atoms with Crippen molar-refractivity contribution in [2.75, 3.05) is 25.4 Å². The van der Waals surface area contributed by atoms with Crippen LogP contribution < -0.4 is 11.3 Å². The topological polar surface area (TPSA) is 160 Å². The van der Waals surface area contributed by atoms with Crippen molar-refractivity contribution in [3.05, 3.63) is 34.2 Å². The number of nitrogens with two attached hydrogens (primary N) is 1. The molecule has 0 amide bonds.